The molecule has 0 saturated carbocycles. The molecule has 3 nitrogen and oxygen atoms in total. The third-order valence-corrected chi connectivity index (χ3v) is 2.53. The summed E-state index contributed by atoms with van der Waals surface area (Å²) in [7, 11) is 0. The molecule has 60 valence electrons. The largest absolute Gasteiger partial charge is 0.367 e. The van der Waals surface area contributed by atoms with Crippen molar-refractivity contribution in [1.82, 2.24) is 0 Å². The molecule has 0 bridgehead atoms. The number of alkyl halides is 1. The molecule has 4 heteroatoms. The van der Waals surface area contributed by atoms with Gasteiger partial charge in [0, 0.05) is 0 Å². The Balaban J connectivity index is 2.25. The quantitative estimate of drug-likeness (QED) is 0.529. The second-order valence-corrected chi connectivity index (χ2v) is 3.23. The minimum Gasteiger partial charge on any atom is -0.367 e. The Morgan fingerprint density at radius 2 is 2.36 bits per heavy atom. The van der Waals surface area contributed by atoms with Crippen LogP contribution < -0.4 is 0 Å². The second kappa shape index (κ2) is 2.30. The second-order valence-electron chi connectivity index (χ2n) is 2.72. The average molecular weight is 175 g/mol. The molecule has 1 aliphatic heterocycles. The topological polar surface area (TPSA) is 46.5 Å². The van der Waals surface area contributed by atoms with Gasteiger partial charge < -0.3 is 9.84 Å². The van der Waals surface area contributed by atoms with Gasteiger partial charge >= 0.3 is 0 Å². The summed E-state index contributed by atoms with van der Waals surface area (Å²) in [5, 5.41) is 8.49. The summed E-state index contributed by atoms with van der Waals surface area (Å²) < 4.78 is 4.98. The molecule has 0 amide bonds. The van der Waals surface area contributed by atoms with Gasteiger partial charge in [0.2, 0.25) is 0 Å². The zero-order valence-corrected chi connectivity index (χ0v) is 6.36. The number of hydrogen-bond acceptors (Lipinski definition) is 3. The highest BCUT2D eigenvalue weighted by molar-refractivity contribution is 6.23. The first-order chi connectivity index (χ1) is 5.20. The van der Waals surface area contributed by atoms with Crippen LogP contribution in [0.3, 0.4) is 0 Å². The Kier molecular flexibility index (Phi) is 1.52. The normalized spacial score (nSPS) is 48.4. The first-order valence-electron chi connectivity index (χ1n) is 3.40. The molecule has 1 aliphatic carbocycles. The molecular formula is C7H7ClO3. The summed E-state index contributed by atoms with van der Waals surface area (Å²) in [5.41, 5.74) is 0. The number of carbonyl (C=O) groups is 1. The number of rotatable bonds is 0. The smallest absolute Gasteiger partial charge is 0.172 e. The molecule has 11 heavy (non-hydrogen) atoms. The lowest BCUT2D eigenvalue weighted by Gasteiger charge is -2.07. The monoisotopic (exact) mass is 174 g/mol. The number of ketones is 1. The van der Waals surface area contributed by atoms with Gasteiger partial charge in [-0.1, -0.05) is 6.08 Å². The predicted octanol–water partition coefficient (Wildman–Crippen LogP) is 0.0661. The van der Waals surface area contributed by atoms with E-state index in [4.69, 9.17) is 21.4 Å². The molecule has 0 spiro atoms. The van der Waals surface area contributed by atoms with Crippen LogP contribution in [0.25, 0.3) is 0 Å². The van der Waals surface area contributed by atoms with E-state index in [0.29, 0.717) is 0 Å². The van der Waals surface area contributed by atoms with E-state index < -0.39 is 11.7 Å². The van der Waals surface area contributed by atoms with E-state index in [1.54, 1.807) is 6.08 Å². The molecule has 0 aromatic rings. The highest BCUT2D eigenvalue weighted by atomic mass is 35.5. The summed E-state index contributed by atoms with van der Waals surface area (Å²) in [6.07, 6.45) is 1.79. The maximum absolute atomic E-state index is 11.0. The van der Waals surface area contributed by atoms with Crippen LogP contribution in [0.15, 0.2) is 12.2 Å². The summed E-state index contributed by atoms with van der Waals surface area (Å²) >= 11 is 5.72. The van der Waals surface area contributed by atoms with Gasteiger partial charge in [0.15, 0.2) is 12.1 Å². The molecule has 0 aromatic heterocycles. The third kappa shape index (κ3) is 0.922. The fraction of sp³-hybridized carbons (Fsp3) is 0.571. The van der Waals surface area contributed by atoms with Crippen LogP contribution >= 0.6 is 11.6 Å². The van der Waals surface area contributed by atoms with Gasteiger partial charge in [-0.2, -0.15) is 0 Å². The molecule has 1 saturated heterocycles. The van der Waals surface area contributed by atoms with Gasteiger partial charge in [-0.3, -0.25) is 4.79 Å². The van der Waals surface area contributed by atoms with Crippen LogP contribution in [-0.2, 0) is 9.53 Å². The molecule has 4 atom stereocenters. The third-order valence-electron chi connectivity index (χ3n) is 2.04. The lowest BCUT2D eigenvalue weighted by molar-refractivity contribution is -0.118. The zero-order chi connectivity index (χ0) is 8.01. The summed E-state index contributed by atoms with van der Waals surface area (Å²) in [6, 6.07) is 0. The number of allylic oxidation sites excluding steroid dienone is 1. The maximum atomic E-state index is 11.0. The van der Waals surface area contributed by atoms with Crippen LogP contribution in [0.1, 0.15) is 0 Å². The van der Waals surface area contributed by atoms with Crippen molar-refractivity contribution in [3.63, 3.8) is 0 Å². The van der Waals surface area contributed by atoms with E-state index in [-0.39, 0.29) is 17.8 Å². The van der Waals surface area contributed by atoms with Gasteiger partial charge in [-0.25, -0.2) is 0 Å². The van der Waals surface area contributed by atoms with Crippen LogP contribution in [0.5, 0.6) is 0 Å². The number of ether oxygens (including phenoxy) is 1. The molecular weight excluding hydrogens is 168 g/mol. The average Bonchev–Trinajstić information content (AvgIpc) is 2.41. The van der Waals surface area contributed by atoms with Crippen LogP contribution in [-0.4, -0.2) is 28.7 Å². The predicted molar refractivity (Wildman–Crippen MR) is 38.2 cm³/mol. The fourth-order valence-corrected chi connectivity index (χ4v) is 1.79. The van der Waals surface area contributed by atoms with Crippen molar-refractivity contribution in [1.29, 1.82) is 0 Å². The van der Waals surface area contributed by atoms with Crippen LogP contribution in [0, 0.1) is 5.92 Å². The highest BCUT2D eigenvalue weighted by Gasteiger charge is 2.47. The van der Waals surface area contributed by atoms with Gasteiger partial charge in [-0.15, -0.1) is 11.6 Å². The molecule has 1 N–H and O–H groups in total. The zero-order valence-electron chi connectivity index (χ0n) is 5.61. The number of halogens is 1. The van der Waals surface area contributed by atoms with Crippen molar-refractivity contribution in [2.45, 2.75) is 17.8 Å². The number of carbonyl (C=O) groups excluding carboxylic acids is 1. The van der Waals surface area contributed by atoms with Gasteiger partial charge in [0.25, 0.3) is 0 Å². The molecule has 2 aliphatic rings. The van der Waals surface area contributed by atoms with E-state index >= 15 is 0 Å². The standard InChI is InChI=1S/C7H7ClO3/c8-6-5-3(9)1-2-4(5)11-7(6)10/h1-2,4-7,10H. The van der Waals surface area contributed by atoms with Crippen molar-refractivity contribution in [3.05, 3.63) is 12.2 Å². The molecule has 2 rings (SSSR count). The molecule has 1 fully saturated rings. The Labute approximate surface area is 68.6 Å². The minimum absolute atomic E-state index is 0.0495. The van der Waals surface area contributed by atoms with Crippen molar-refractivity contribution in [2.24, 2.45) is 5.92 Å². The first-order valence-corrected chi connectivity index (χ1v) is 3.83. The van der Waals surface area contributed by atoms with E-state index in [1.165, 1.54) is 6.08 Å². The van der Waals surface area contributed by atoms with E-state index in [1.807, 2.05) is 0 Å². The van der Waals surface area contributed by atoms with Gasteiger partial charge in [-0.05, 0) is 6.08 Å². The van der Waals surface area contributed by atoms with E-state index in [9.17, 15) is 4.79 Å². The lowest BCUT2D eigenvalue weighted by Crippen LogP contribution is -2.25. The number of fused-ring (bicyclic) bond motifs is 1. The van der Waals surface area contributed by atoms with E-state index in [0.717, 1.165) is 0 Å². The van der Waals surface area contributed by atoms with Crippen molar-refractivity contribution < 1.29 is 14.6 Å². The molecule has 0 radical (unpaired) electrons. The fourth-order valence-electron chi connectivity index (χ4n) is 1.46. The summed E-state index contributed by atoms with van der Waals surface area (Å²) in [6.45, 7) is 0. The van der Waals surface area contributed by atoms with Gasteiger partial charge in [0.1, 0.15) is 0 Å². The summed E-state index contributed by atoms with van der Waals surface area (Å²) in [4.78, 5) is 11.0. The lowest BCUT2D eigenvalue weighted by atomic mass is 10.0. The Morgan fingerprint density at radius 3 is 3.00 bits per heavy atom. The van der Waals surface area contributed by atoms with Crippen molar-refractivity contribution >= 4 is 17.4 Å². The SMILES string of the molecule is O=C1C=CC2OC(O)C(Cl)C12. The molecule has 4 unspecified atom stereocenters. The highest BCUT2D eigenvalue weighted by Crippen LogP contribution is 2.35. The van der Waals surface area contributed by atoms with E-state index in [2.05, 4.69) is 0 Å². The molecule has 1 heterocycles. The van der Waals surface area contributed by atoms with Crippen molar-refractivity contribution in [2.75, 3.05) is 0 Å². The summed E-state index contributed by atoms with van der Waals surface area (Å²) in [5.74, 6) is -0.418. The van der Waals surface area contributed by atoms with Gasteiger partial charge in [0.05, 0.1) is 17.4 Å². The van der Waals surface area contributed by atoms with Crippen LogP contribution in [0.2, 0.25) is 0 Å². The first kappa shape index (κ1) is 7.28. The number of aliphatic hydroxyl groups excluding tert-OH is 1. The number of aliphatic hydroxyl groups is 1. The Hall–Kier alpha value is -0.380. The minimum atomic E-state index is -0.999. The maximum Gasteiger partial charge on any atom is 0.172 e. The molecule has 0 aromatic carbocycles. The van der Waals surface area contributed by atoms with Crippen molar-refractivity contribution in [3.8, 4) is 0 Å². The number of hydrogen-bond donors (Lipinski definition) is 1. The Morgan fingerprint density at radius 1 is 1.64 bits per heavy atom. The van der Waals surface area contributed by atoms with Crippen LogP contribution in [0.4, 0.5) is 0 Å². The Bertz CT molecular complexity index is 226.